The highest BCUT2D eigenvalue weighted by Crippen LogP contribution is 2.19. The molecule has 0 radical (unpaired) electrons. The summed E-state index contributed by atoms with van der Waals surface area (Å²) in [5.74, 6) is 0.343. The zero-order valence-corrected chi connectivity index (χ0v) is 14.6. The van der Waals surface area contributed by atoms with Gasteiger partial charge in [-0.05, 0) is 19.3 Å². The third-order valence-electron chi connectivity index (χ3n) is 3.84. The van der Waals surface area contributed by atoms with Crippen LogP contribution in [0.1, 0.15) is 37.1 Å². The van der Waals surface area contributed by atoms with E-state index in [2.05, 4.69) is 36.9 Å². The summed E-state index contributed by atoms with van der Waals surface area (Å²) in [7, 11) is 1.66. The first kappa shape index (κ1) is 19.0. The van der Waals surface area contributed by atoms with Gasteiger partial charge in [-0.2, -0.15) is 0 Å². The molecule has 2 N–H and O–H groups in total. The molecular weight excluding hydrogens is 292 g/mol. The Morgan fingerprint density at radius 2 is 2.04 bits per heavy atom. The Balaban J connectivity index is 3.10. The topological polar surface area (TPSA) is 65.6 Å². The zero-order chi connectivity index (χ0) is 17.6. The molecule has 1 rings (SSSR count). The Morgan fingerprint density at radius 3 is 2.57 bits per heavy atom. The molecule has 0 saturated carbocycles. The fourth-order valence-electron chi connectivity index (χ4n) is 2.30. The molecule has 0 aliphatic heterocycles. The molecule has 1 heterocycles. The molecule has 0 atom stereocenters. The first-order chi connectivity index (χ1) is 10.8. The summed E-state index contributed by atoms with van der Waals surface area (Å²) >= 11 is 0. The van der Waals surface area contributed by atoms with Crippen LogP contribution in [-0.4, -0.2) is 41.8 Å². The number of hydrogen-bond donors (Lipinski definition) is 2. The zero-order valence-electron chi connectivity index (χ0n) is 14.6. The molecule has 5 nitrogen and oxygen atoms in total. The highest BCUT2D eigenvalue weighted by atomic mass is 16.5. The summed E-state index contributed by atoms with van der Waals surface area (Å²) < 4.78 is 5.17. The molecule has 5 heteroatoms. The van der Waals surface area contributed by atoms with Gasteiger partial charge in [0.15, 0.2) is 5.43 Å². The van der Waals surface area contributed by atoms with E-state index in [9.17, 15) is 9.90 Å². The Morgan fingerprint density at radius 1 is 1.39 bits per heavy atom. The van der Waals surface area contributed by atoms with Crippen molar-refractivity contribution < 1.29 is 9.84 Å². The molecule has 0 saturated heterocycles. The van der Waals surface area contributed by atoms with Crippen LogP contribution in [0.5, 0.6) is 0 Å². The van der Waals surface area contributed by atoms with Crippen molar-refractivity contribution in [3.63, 3.8) is 0 Å². The van der Waals surface area contributed by atoms with Crippen molar-refractivity contribution in [2.45, 2.75) is 27.2 Å². The maximum absolute atomic E-state index is 12.3. The van der Waals surface area contributed by atoms with Crippen molar-refractivity contribution in [3.05, 3.63) is 46.4 Å². The van der Waals surface area contributed by atoms with E-state index in [1.54, 1.807) is 14.0 Å². The minimum atomic E-state index is -0.234. The molecule has 0 aromatic carbocycles. The van der Waals surface area contributed by atoms with E-state index in [1.807, 2.05) is 0 Å². The molecule has 0 fully saturated rings. The number of ether oxygens (including phenoxy) is 1. The average Bonchev–Trinajstić information content (AvgIpc) is 2.48. The smallest absolute Gasteiger partial charge is 0.196 e. The highest BCUT2D eigenvalue weighted by Gasteiger charge is 2.16. The van der Waals surface area contributed by atoms with Crippen LogP contribution < -0.4 is 5.43 Å². The molecule has 0 aliphatic rings. The summed E-state index contributed by atoms with van der Waals surface area (Å²) in [6.07, 6.45) is 2.51. The molecule has 0 spiro atoms. The summed E-state index contributed by atoms with van der Waals surface area (Å²) in [4.78, 5) is 17.5. The molecule has 0 unspecified atom stereocenters. The lowest BCUT2D eigenvalue weighted by atomic mass is 10.1. The van der Waals surface area contributed by atoms with Crippen molar-refractivity contribution >= 4 is 11.5 Å². The lowest BCUT2D eigenvalue weighted by Gasteiger charge is -2.28. The Kier molecular flexibility index (Phi) is 7.10. The van der Waals surface area contributed by atoms with Gasteiger partial charge in [-0.15, -0.1) is 0 Å². The first-order valence-electron chi connectivity index (χ1n) is 7.83. The second kappa shape index (κ2) is 8.58. The maximum atomic E-state index is 12.3. The molecule has 128 valence electrons. The predicted molar refractivity (Wildman–Crippen MR) is 95.4 cm³/mol. The number of nitrogens with zero attached hydrogens (tertiary/aromatic N) is 1. The minimum Gasteiger partial charge on any atom is -0.508 e. The number of aromatic nitrogens is 1. The average molecular weight is 320 g/mol. The van der Waals surface area contributed by atoms with E-state index in [1.165, 1.54) is 6.20 Å². The monoisotopic (exact) mass is 320 g/mol. The molecule has 0 amide bonds. The largest absolute Gasteiger partial charge is 0.508 e. The summed E-state index contributed by atoms with van der Waals surface area (Å²) in [5, 5.41) is 9.47. The Bertz CT molecular complexity index is 617. The molecule has 0 aliphatic carbocycles. The summed E-state index contributed by atoms with van der Waals surface area (Å²) in [6.45, 7) is 15.8. The van der Waals surface area contributed by atoms with E-state index in [4.69, 9.17) is 4.74 Å². The predicted octanol–water partition coefficient (Wildman–Crippen LogP) is 3.18. The first-order valence-corrected chi connectivity index (χ1v) is 7.83. The van der Waals surface area contributed by atoms with Gasteiger partial charge in [0.05, 0.1) is 23.6 Å². The third-order valence-corrected chi connectivity index (χ3v) is 3.84. The number of pyridine rings is 1. The minimum absolute atomic E-state index is 0.185. The van der Waals surface area contributed by atoms with Gasteiger partial charge >= 0.3 is 0 Å². The highest BCUT2D eigenvalue weighted by molar-refractivity contribution is 5.64. The fourth-order valence-corrected chi connectivity index (χ4v) is 2.30. The van der Waals surface area contributed by atoms with Crippen LogP contribution >= 0.6 is 0 Å². The maximum Gasteiger partial charge on any atom is 0.196 e. The second-order valence-electron chi connectivity index (χ2n) is 6.09. The Hall–Kier alpha value is -2.01. The normalized spacial score (nSPS) is 10.8. The van der Waals surface area contributed by atoms with Crippen LogP contribution in [-0.2, 0) is 4.74 Å². The number of rotatable bonds is 9. The molecular formula is C18H28N2O3. The van der Waals surface area contributed by atoms with Crippen molar-refractivity contribution in [1.82, 2.24) is 9.88 Å². The number of aliphatic hydroxyl groups excluding tert-OH is 1. The van der Waals surface area contributed by atoms with Crippen molar-refractivity contribution in [2.24, 2.45) is 5.92 Å². The summed E-state index contributed by atoms with van der Waals surface area (Å²) in [5.41, 5.74) is 1.91. The van der Waals surface area contributed by atoms with Crippen LogP contribution in [0, 0.1) is 12.8 Å². The van der Waals surface area contributed by atoms with Crippen molar-refractivity contribution in [2.75, 3.05) is 26.8 Å². The van der Waals surface area contributed by atoms with E-state index < -0.39 is 0 Å². The van der Waals surface area contributed by atoms with Gasteiger partial charge < -0.3 is 19.7 Å². The number of aliphatic hydroxyl groups is 1. The number of hydrogen-bond acceptors (Lipinski definition) is 4. The van der Waals surface area contributed by atoms with Gasteiger partial charge in [0, 0.05) is 32.0 Å². The number of methoxy groups -OCH3 is 1. The van der Waals surface area contributed by atoms with Crippen molar-refractivity contribution in [1.29, 1.82) is 0 Å². The van der Waals surface area contributed by atoms with Crippen molar-refractivity contribution in [3.8, 4) is 0 Å². The number of nitrogens with one attached hydrogen (secondary N) is 1. The number of aromatic amines is 1. The van der Waals surface area contributed by atoms with Crippen LogP contribution in [0.15, 0.2) is 24.1 Å². The van der Waals surface area contributed by atoms with E-state index in [0.717, 1.165) is 18.7 Å². The van der Waals surface area contributed by atoms with Gasteiger partial charge in [-0.1, -0.05) is 27.0 Å². The lowest BCUT2D eigenvalue weighted by molar-refractivity contribution is 0.171. The van der Waals surface area contributed by atoms with E-state index in [-0.39, 0.29) is 16.8 Å². The van der Waals surface area contributed by atoms with Crippen LogP contribution in [0.2, 0.25) is 0 Å². The molecule has 23 heavy (non-hydrogen) atoms. The third kappa shape index (κ3) is 4.99. The van der Waals surface area contributed by atoms with Gasteiger partial charge in [-0.25, -0.2) is 0 Å². The van der Waals surface area contributed by atoms with Crippen LogP contribution in [0.3, 0.4) is 0 Å². The lowest BCUT2D eigenvalue weighted by Crippen LogP contribution is -2.29. The Labute approximate surface area is 138 Å². The van der Waals surface area contributed by atoms with Crippen LogP contribution in [0.4, 0.5) is 0 Å². The number of H-pyrrole nitrogens is 1. The molecule has 1 aromatic heterocycles. The van der Waals surface area contributed by atoms with Gasteiger partial charge in [0.1, 0.15) is 5.76 Å². The van der Waals surface area contributed by atoms with E-state index in [0.29, 0.717) is 30.3 Å². The van der Waals surface area contributed by atoms with Gasteiger partial charge in [0.2, 0.25) is 0 Å². The molecule has 1 aromatic rings. The quantitative estimate of drug-likeness (QED) is 0.686. The van der Waals surface area contributed by atoms with Gasteiger partial charge in [0.25, 0.3) is 0 Å². The van der Waals surface area contributed by atoms with Crippen LogP contribution in [0.25, 0.3) is 11.5 Å². The standard InChI is InChI=1S/C18H28N2O3/c1-12(2)7-8-20(9-10-23-6)14(4)17-13(3)18(22)16(11-19-17)15(5)21/h11-12,21H,4-5,7-10H2,1-3,6H3,(H,19,22). The second-order valence-corrected chi connectivity index (χ2v) is 6.09. The summed E-state index contributed by atoms with van der Waals surface area (Å²) in [6, 6.07) is 0. The van der Waals surface area contributed by atoms with Gasteiger partial charge in [-0.3, -0.25) is 4.79 Å². The fraction of sp³-hybridized carbons (Fsp3) is 0.500. The SMILES string of the molecule is C=C(O)c1c[nH]c(C(=C)N(CCOC)CCC(C)C)c(C)c1=O. The molecule has 0 bridgehead atoms. The van der Waals surface area contributed by atoms with E-state index >= 15 is 0 Å².